The first-order chi connectivity index (χ1) is 13.4. The first-order valence-electron chi connectivity index (χ1n) is 10.0. The lowest BCUT2D eigenvalue weighted by atomic mass is 9.98. The van der Waals surface area contributed by atoms with E-state index in [-0.39, 0.29) is 17.5 Å². The van der Waals surface area contributed by atoms with Crippen LogP contribution in [0.2, 0.25) is 0 Å². The summed E-state index contributed by atoms with van der Waals surface area (Å²) in [4.78, 5) is 14.2. The van der Waals surface area contributed by atoms with Gasteiger partial charge in [-0.1, -0.05) is 25.8 Å². The Balaban J connectivity index is 1.80. The van der Waals surface area contributed by atoms with Crippen LogP contribution in [0.25, 0.3) is 0 Å². The van der Waals surface area contributed by atoms with Gasteiger partial charge in [-0.2, -0.15) is 0 Å². The Bertz CT molecular complexity index is 879. The second-order valence-corrected chi connectivity index (χ2v) is 7.62. The number of fused-ring (bicyclic) bond motifs is 1. The molecular weight excluding hydrogens is 358 g/mol. The molecule has 3 nitrogen and oxygen atoms in total. The fraction of sp³-hybridized carbons (Fsp3) is 0.435. The van der Waals surface area contributed by atoms with Crippen molar-refractivity contribution in [2.45, 2.75) is 59.4 Å². The van der Waals surface area contributed by atoms with Gasteiger partial charge in [-0.05, 0) is 61.6 Å². The number of anilines is 2. The van der Waals surface area contributed by atoms with E-state index in [9.17, 15) is 9.18 Å². The number of aryl methyl sites for hydroxylation is 1. The lowest BCUT2D eigenvalue weighted by Gasteiger charge is -2.32. The van der Waals surface area contributed by atoms with Crippen LogP contribution in [0.1, 0.15) is 54.9 Å². The van der Waals surface area contributed by atoms with Crippen molar-refractivity contribution in [3.05, 3.63) is 58.2 Å². The number of carbonyl (C=O) groups is 1. The molecule has 0 radical (unpaired) electrons. The Morgan fingerprint density at radius 2 is 1.93 bits per heavy atom. The number of benzene rings is 2. The van der Waals surface area contributed by atoms with E-state index in [0.717, 1.165) is 36.0 Å². The fourth-order valence-corrected chi connectivity index (χ4v) is 3.83. The van der Waals surface area contributed by atoms with Gasteiger partial charge in [0.05, 0.1) is 5.69 Å². The topological polar surface area (TPSA) is 32.3 Å². The molecule has 0 atom stereocenters. The van der Waals surface area contributed by atoms with Crippen LogP contribution in [-0.2, 0) is 17.8 Å². The summed E-state index contributed by atoms with van der Waals surface area (Å²) in [6.45, 7) is 6.88. The highest BCUT2D eigenvalue weighted by Gasteiger charge is 2.23. The number of nitrogens with zero attached hydrogens (tertiary/aromatic N) is 1. The van der Waals surface area contributed by atoms with Gasteiger partial charge in [0.1, 0.15) is 5.82 Å². The molecule has 0 saturated heterocycles. The zero-order valence-electron chi connectivity index (χ0n) is 16.9. The lowest BCUT2D eigenvalue weighted by Crippen LogP contribution is -2.31. The maximum absolute atomic E-state index is 15.2. The van der Waals surface area contributed by atoms with Gasteiger partial charge >= 0.3 is 0 Å². The van der Waals surface area contributed by atoms with E-state index < -0.39 is 0 Å². The predicted octanol–water partition coefficient (Wildman–Crippen LogP) is 5.66. The number of amides is 1. The van der Waals surface area contributed by atoms with Crippen LogP contribution in [0.15, 0.2) is 24.3 Å². The molecule has 1 N–H and O–H groups in total. The summed E-state index contributed by atoms with van der Waals surface area (Å²) in [5.41, 5.74) is 4.43. The van der Waals surface area contributed by atoms with Crippen LogP contribution >= 0.6 is 0 Å². The molecule has 0 aromatic heterocycles. The fourth-order valence-electron chi connectivity index (χ4n) is 3.83. The maximum Gasteiger partial charge on any atom is 0.224 e. The third-order valence-corrected chi connectivity index (χ3v) is 5.47. The van der Waals surface area contributed by atoms with Gasteiger partial charge in [0.15, 0.2) is 5.82 Å². The molecule has 3 rings (SSSR count). The number of hydrogen-bond donors (Lipinski definition) is 1. The van der Waals surface area contributed by atoms with E-state index in [1.807, 2.05) is 11.8 Å². The van der Waals surface area contributed by atoms with E-state index in [1.54, 1.807) is 25.1 Å². The van der Waals surface area contributed by atoms with E-state index in [0.29, 0.717) is 42.9 Å². The Kier molecular flexibility index (Phi) is 6.32. The zero-order chi connectivity index (χ0) is 20.3. The van der Waals surface area contributed by atoms with Crippen molar-refractivity contribution in [3.8, 4) is 0 Å². The van der Waals surface area contributed by atoms with Gasteiger partial charge in [-0.15, -0.1) is 0 Å². The minimum Gasteiger partial charge on any atom is -0.364 e. The molecule has 2 aromatic rings. The maximum atomic E-state index is 15.2. The second kappa shape index (κ2) is 8.72. The van der Waals surface area contributed by atoms with Crippen LogP contribution in [-0.4, -0.2) is 12.5 Å². The molecule has 0 bridgehead atoms. The summed E-state index contributed by atoms with van der Waals surface area (Å²) in [7, 11) is 0. The van der Waals surface area contributed by atoms with Crippen molar-refractivity contribution < 1.29 is 13.6 Å². The van der Waals surface area contributed by atoms with Crippen LogP contribution < -0.4 is 10.2 Å². The van der Waals surface area contributed by atoms with E-state index in [2.05, 4.69) is 12.2 Å². The van der Waals surface area contributed by atoms with Gasteiger partial charge in [0.25, 0.3) is 0 Å². The summed E-state index contributed by atoms with van der Waals surface area (Å²) in [5.74, 6) is -0.607. The highest BCUT2D eigenvalue weighted by Crippen LogP contribution is 2.34. The summed E-state index contributed by atoms with van der Waals surface area (Å²) in [6.07, 6.45) is 4.05. The smallest absolute Gasteiger partial charge is 0.224 e. The molecule has 0 spiro atoms. The molecular formula is C23H28F2N2O. The highest BCUT2D eigenvalue weighted by molar-refractivity contribution is 5.92. The predicted molar refractivity (Wildman–Crippen MR) is 110 cm³/mol. The molecule has 1 aliphatic rings. The molecule has 5 heteroatoms. The number of halogens is 2. The first-order valence-corrected chi connectivity index (χ1v) is 10.0. The average molecular weight is 386 g/mol. The standard InChI is InChI=1S/C23H28F2N2O/c1-4-5-6-7-21(28)26-23-15(2)12-20(22(25)16(23)3)27-11-10-17-13-19(24)9-8-18(17)14-27/h8-9,12-13H,4-7,10-11,14H2,1-3H3,(H,26,28). The molecule has 28 heavy (non-hydrogen) atoms. The van der Waals surface area contributed by atoms with Crippen molar-refractivity contribution in [2.24, 2.45) is 0 Å². The van der Waals surface area contributed by atoms with Crippen LogP contribution in [0.3, 0.4) is 0 Å². The van der Waals surface area contributed by atoms with Gasteiger partial charge in [-0.25, -0.2) is 8.78 Å². The molecule has 0 saturated carbocycles. The van der Waals surface area contributed by atoms with E-state index in [4.69, 9.17) is 0 Å². The minimum absolute atomic E-state index is 0.0688. The first kappa shape index (κ1) is 20.3. The largest absolute Gasteiger partial charge is 0.364 e. The Labute approximate surface area is 165 Å². The lowest BCUT2D eigenvalue weighted by molar-refractivity contribution is -0.116. The van der Waals surface area contributed by atoms with Crippen molar-refractivity contribution in [2.75, 3.05) is 16.8 Å². The molecule has 0 fully saturated rings. The monoisotopic (exact) mass is 386 g/mol. The van der Waals surface area contributed by atoms with E-state index in [1.165, 1.54) is 6.07 Å². The Morgan fingerprint density at radius 1 is 1.14 bits per heavy atom. The zero-order valence-corrected chi connectivity index (χ0v) is 16.9. The highest BCUT2D eigenvalue weighted by atomic mass is 19.1. The Morgan fingerprint density at radius 3 is 2.68 bits per heavy atom. The Hall–Kier alpha value is -2.43. The number of unbranched alkanes of at least 4 members (excludes halogenated alkanes) is 2. The number of carbonyl (C=O) groups excluding carboxylic acids is 1. The third-order valence-electron chi connectivity index (χ3n) is 5.47. The SMILES string of the molecule is CCCCCC(=O)Nc1c(C)cc(N2CCc3cc(F)ccc3C2)c(F)c1C. The molecule has 150 valence electrons. The summed E-state index contributed by atoms with van der Waals surface area (Å²) in [5, 5.41) is 2.89. The number of hydrogen-bond acceptors (Lipinski definition) is 2. The molecule has 1 amide bonds. The van der Waals surface area contributed by atoms with Crippen molar-refractivity contribution >= 4 is 17.3 Å². The third kappa shape index (κ3) is 4.34. The van der Waals surface area contributed by atoms with Gasteiger partial charge in [-0.3, -0.25) is 4.79 Å². The molecule has 2 aromatic carbocycles. The van der Waals surface area contributed by atoms with E-state index >= 15 is 4.39 Å². The quantitative estimate of drug-likeness (QED) is 0.650. The van der Waals surface area contributed by atoms with Crippen molar-refractivity contribution in [1.82, 2.24) is 0 Å². The summed E-state index contributed by atoms with van der Waals surface area (Å²) < 4.78 is 28.6. The van der Waals surface area contributed by atoms with Crippen molar-refractivity contribution in [1.29, 1.82) is 0 Å². The average Bonchev–Trinajstić information content (AvgIpc) is 2.68. The second-order valence-electron chi connectivity index (χ2n) is 7.62. The van der Waals surface area contributed by atoms with Gasteiger partial charge < -0.3 is 10.2 Å². The summed E-state index contributed by atoms with van der Waals surface area (Å²) in [6, 6.07) is 6.60. The molecule has 1 aliphatic heterocycles. The number of rotatable bonds is 6. The van der Waals surface area contributed by atoms with Crippen LogP contribution in [0.5, 0.6) is 0 Å². The molecule has 0 aliphatic carbocycles. The van der Waals surface area contributed by atoms with Gasteiger partial charge in [0, 0.05) is 30.8 Å². The normalized spacial score (nSPS) is 13.4. The summed E-state index contributed by atoms with van der Waals surface area (Å²) >= 11 is 0. The van der Waals surface area contributed by atoms with Crippen LogP contribution in [0.4, 0.5) is 20.2 Å². The van der Waals surface area contributed by atoms with Gasteiger partial charge in [0.2, 0.25) is 5.91 Å². The number of nitrogens with one attached hydrogen (secondary N) is 1. The van der Waals surface area contributed by atoms with Crippen molar-refractivity contribution in [3.63, 3.8) is 0 Å². The molecule has 1 heterocycles. The minimum atomic E-state index is -0.306. The van der Waals surface area contributed by atoms with Crippen LogP contribution in [0, 0.1) is 25.5 Å². The molecule has 0 unspecified atom stereocenters.